The van der Waals surface area contributed by atoms with Gasteiger partial charge in [-0.3, -0.25) is 0 Å². The summed E-state index contributed by atoms with van der Waals surface area (Å²) >= 11 is 5.98. The van der Waals surface area contributed by atoms with E-state index in [1.54, 1.807) is 6.07 Å². The first-order valence-electron chi connectivity index (χ1n) is 6.08. The van der Waals surface area contributed by atoms with E-state index in [4.69, 9.17) is 16.3 Å². The number of carboxylic acid groups (broad SMARTS) is 1. The van der Waals surface area contributed by atoms with Gasteiger partial charge < -0.3 is 14.7 Å². The molecule has 0 fully saturated rings. The van der Waals surface area contributed by atoms with E-state index in [2.05, 4.69) is 11.8 Å². The molecule has 18 heavy (non-hydrogen) atoms. The predicted octanol–water partition coefficient (Wildman–Crippen LogP) is 3.04. The molecule has 0 aromatic heterocycles. The van der Waals surface area contributed by atoms with Crippen LogP contribution in [0, 0.1) is 0 Å². The summed E-state index contributed by atoms with van der Waals surface area (Å²) in [6.07, 6.45) is 2.16. The van der Waals surface area contributed by atoms with Crippen LogP contribution < -0.4 is 9.64 Å². The molecule has 1 aromatic carbocycles. The number of hydrogen-bond acceptors (Lipinski definition) is 3. The van der Waals surface area contributed by atoms with E-state index in [9.17, 15) is 9.90 Å². The zero-order chi connectivity index (χ0) is 13.1. The van der Waals surface area contributed by atoms with E-state index in [1.165, 1.54) is 6.07 Å². The number of carboxylic acids is 1. The molecular weight excluding hydrogens is 254 g/mol. The second kappa shape index (κ2) is 5.48. The van der Waals surface area contributed by atoms with Gasteiger partial charge >= 0.3 is 5.97 Å². The van der Waals surface area contributed by atoms with Crippen molar-refractivity contribution in [2.45, 2.75) is 19.8 Å². The summed E-state index contributed by atoms with van der Waals surface area (Å²) in [6.45, 7) is 4.30. The number of ether oxygens (including phenoxy) is 1. The highest BCUT2D eigenvalue weighted by molar-refractivity contribution is 6.31. The summed E-state index contributed by atoms with van der Waals surface area (Å²) in [5.74, 6) is -0.569. The Morgan fingerprint density at radius 3 is 3.00 bits per heavy atom. The molecule has 98 valence electrons. The number of fused-ring (bicyclic) bond motifs is 1. The Kier molecular flexibility index (Phi) is 3.97. The Bertz CT molecular complexity index is 462. The summed E-state index contributed by atoms with van der Waals surface area (Å²) in [4.78, 5) is 13.3. The number of aromatic carboxylic acids is 1. The molecule has 1 aliphatic rings. The monoisotopic (exact) mass is 269 g/mol. The van der Waals surface area contributed by atoms with Crippen molar-refractivity contribution in [2.75, 3.05) is 24.6 Å². The maximum Gasteiger partial charge on any atom is 0.339 e. The van der Waals surface area contributed by atoms with Gasteiger partial charge in [-0.25, -0.2) is 4.79 Å². The van der Waals surface area contributed by atoms with Gasteiger partial charge in [-0.05, 0) is 18.6 Å². The lowest BCUT2D eigenvalue weighted by atomic mass is 10.1. The van der Waals surface area contributed by atoms with Gasteiger partial charge in [-0.15, -0.1) is 0 Å². The zero-order valence-corrected chi connectivity index (χ0v) is 11.0. The molecule has 0 unspecified atom stereocenters. The maximum absolute atomic E-state index is 11.2. The average molecular weight is 270 g/mol. The fourth-order valence-electron chi connectivity index (χ4n) is 2.08. The Labute approximate surface area is 111 Å². The fraction of sp³-hybridized carbons (Fsp3) is 0.462. The molecule has 0 aliphatic carbocycles. The van der Waals surface area contributed by atoms with Crippen molar-refractivity contribution >= 4 is 23.3 Å². The minimum Gasteiger partial charge on any atom is -0.489 e. The van der Waals surface area contributed by atoms with Crippen LogP contribution in [-0.2, 0) is 0 Å². The first-order chi connectivity index (χ1) is 8.63. The smallest absolute Gasteiger partial charge is 0.339 e. The van der Waals surface area contributed by atoms with Crippen LogP contribution in [0.5, 0.6) is 5.75 Å². The number of halogens is 1. The number of rotatable bonds is 4. The Hall–Kier alpha value is -1.42. The van der Waals surface area contributed by atoms with Gasteiger partial charge in [0, 0.05) is 11.6 Å². The van der Waals surface area contributed by atoms with Crippen molar-refractivity contribution in [3.63, 3.8) is 0 Å². The average Bonchev–Trinajstić information content (AvgIpc) is 2.35. The minimum absolute atomic E-state index is 0.138. The summed E-state index contributed by atoms with van der Waals surface area (Å²) in [6, 6.07) is 3.21. The van der Waals surface area contributed by atoms with Gasteiger partial charge in [0.05, 0.1) is 12.2 Å². The van der Waals surface area contributed by atoms with Crippen molar-refractivity contribution < 1.29 is 14.6 Å². The SMILES string of the molecule is CCCCN1CCOc2c(C(=O)O)cc(Cl)cc21. The van der Waals surface area contributed by atoms with Crippen LogP contribution in [-0.4, -0.2) is 30.8 Å². The highest BCUT2D eigenvalue weighted by Gasteiger charge is 2.24. The van der Waals surface area contributed by atoms with E-state index in [0.29, 0.717) is 17.4 Å². The van der Waals surface area contributed by atoms with Crippen LogP contribution in [0.4, 0.5) is 5.69 Å². The van der Waals surface area contributed by atoms with Crippen molar-refractivity contribution in [3.05, 3.63) is 22.7 Å². The standard InChI is InChI=1S/C13H16ClNO3/c1-2-3-4-15-5-6-18-12-10(13(16)17)7-9(14)8-11(12)15/h7-8H,2-6H2,1H3,(H,16,17). The molecule has 1 aromatic rings. The van der Waals surface area contributed by atoms with Crippen LogP contribution in [0.1, 0.15) is 30.1 Å². The summed E-state index contributed by atoms with van der Waals surface area (Å²) in [5.41, 5.74) is 0.929. The number of unbranched alkanes of at least 4 members (excludes halogenated alkanes) is 1. The van der Waals surface area contributed by atoms with Gasteiger partial charge in [0.2, 0.25) is 0 Å². The van der Waals surface area contributed by atoms with E-state index < -0.39 is 5.97 Å². The Morgan fingerprint density at radius 1 is 1.56 bits per heavy atom. The van der Waals surface area contributed by atoms with E-state index >= 15 is 0 Å². The van der Waals surface area contributed by atoms with Gasteiger partial charge in [-0.1, -0.05) is 24.9 Å². The van der Waals surface area contributed by atoms with Crippen molar-refractivity contribution in [1.82, 2.24) is 0 Å². The number of nitrogens with zero attached hydrogens (tertiary/aromatic N) is 1. The third-order valence-corrected chi connectivity index (χ3v) is 3.21. The molecule has 0 amide bonds. The molecule has 2 rings (SSSR count). The highest BCUT2D eigenvalue weighted by Crippen LogP contribution is 2.37. The topological polar surface area (TPSA) is 49.8 Å². The second-order valence-electron chi connectivity index (χ2n) is 4.30. The summed E-state index contributed by atoms with van der Waals surface area (Å²) < 4.78 is 5.50. The van der Waals surface area contributed by atoms with Crippen molar-refractivity contribution in [1.29, 1.82) is 0 Å². The van der Waals surface area contributed by atoms with E-state index in [-0.39, 0.29) is 5.56 Å². The lowest BCUT2D eigenvalue weighted by Gasteiger charge is -2.32. The molecule has 1 N–H and O–H groups in total. The van der Waals surface area contributed by atoms with Crippen LogP contribution in [0.2, 0.25) is 5.02 Å². The fourth-order valence-corrected chi connectivity index (χ4v) is 2.30. The molecule has 0 radical (unpaired) electrons. The molecular formula is C13H16ClNO3. The van der Waals surface area contributed by atoms with Gasteiger partial charge in [0.25, 0.3) is 0 Å². The van der Waals surface area contributed by atoms with E-state index in [1.807, 2.05) is 0 Å². The van der Waals surface area contributed by atoms with Crippen LogP contribution >= 0.6 is 11.6 Å². The lowest BCUT2D eigenvalue weighted by Crippen LogP contribution is -2.34. The molecule has 5 heteroatoms. The number of carbonyl (C=O) groups is 1. The minimum atomic E-state index is -1.01. The highest BCUT2D eigenvalue weighted by atomic mass is 35.5. The summed E-state index contributed by atoms with van der Waals surface area (Å²) in [7, 11) is 0. The van der Waals surface area contributed by atoms with Crippen LogP contribution in [0.25, 0.3) is 0 Å². The number of benzene rings is 1. The second-order valence-corrected chi connectivity index (χ2v) is 4.73. The van der Waals surface area contributed by atoms with Gasteiger partial charge in [-0.2, -0.15) is 0 Å². The number of anilines is 1. The number of hydrogen-bond donors (Lipinski definition) is 1. The van der Waals surface area contributed by atoms with Crippen LogP contribution in [0.15, 0.2) is 12.1 Å². The lowest BCUT2D eigenvalue weighted by molar-refractivity contribution is 0.0692. The Morgan fingerprint density at radius 2 is 2.33 bits per heavy atom. The molecule has 0 bridgehead atoms. The molecule has 0 spiro atoms. The van der Waals surface area contributed by atoms with Gasteiger partial charge in [0.15, 0.2) is 5.75 Å². The molecule has 1 heterocycles. The van der Waals surface area contributed by atoms with E-state index in [0.717, 1.165) is 31.6 Å². The molecule has 0 saturated heterocycles. The molecule has 0 atom stereocenters. The third kappa shape index (κ3) is 2.53. The van der Waals surface area contributed by atoms with Crippen molar-refractivity contribution in [3.8, 4) is 5.75 Å². The van der Waals surface area contributed by atoms with Crippen LogP contribution in [0.3, 0.4) is 0 Å². The third-order valence-electron chi connectivity index (χ3n) is 2.99. The van der Waals surface area contributed by atoms with Gasteiger partial charge in [0.1, 0.15) is 12.2 Å². The quantitative estimate of drug-likeness (QED) is 0.913. The largest absolute Gasteiger partial charge is 0.489 e. The normalized spacial score (nSPS) is 14.0. The van der Waals surface area contributed by atoms with Crippen molar-refractivity contribution in [2.24, 2.45) is 0 Å². The first-order valence-corrected chi connectivity index (χ1v) is 6.46. The molecule has 4 nitrogen and oxygen atoms in total. The molecule has 1 aliphatic heterocycles. The Balaban J connectivity index is 2.40. The predicted molar refractivity (Wildman–Crippen MR) is 71.0 cm³/mol. The zero-order valence-electron chi connectivity index (χ0n) is 10.3. The first kappa shape index (κ1) is 13.0. The maximum atomic E-state index is 11.2. The summed E-state index contributed by atoms with van der Waals surface area (Å²) in [5, 5.41) is 9.60. The molecule has 0 saturated carbocycles.